The van der Waals surface area contributed by atoms with Crippen molar-refractivity contribution < 1.29 is 13.9 Å². The van der Waals surface area contributed by atoms with E-state index in [-0.39, 0.29) is 18.0 Å². The van der Waals surface area contributed by atoms with E-state index in [2.05, 4.69) is 10.6 Å². The Morgan fingerprint density at radius 2 is 2.27 bits per heavy atom. The normalized spacial score (nSPS) is 18.0. The number of ether oxygens (including phenoxy) is 1. The molecule has 1 aliphatic heterocycles. The zero-order valence-corrected chi connectivity index (χ0v) is 13.1. The van der Waals surface area contributed by atoms with Gasteiger partial charge in [-0.15, -0.1) is 0 Å². The molecule has 1 aliphatic rings. The number of carbonyl (C=O) groups excluding carboxylic acids is 1. The van der Waals surface area contributed by atoms with Gasteiger partial charge in [0.2, 0.25) is 0 Å². The number of nitrogens with two attached hydrogens (primary N) is 1. The largest absolute Gasteiger partial charge is 0.482 e. The summed E-state index contributed by atoms with van der Waals surface area (Å²) in [6.07, 6.45) is 0.0550. The number of anilines is 1. The Balaban J connectivity index is 2.16. The quantitative estimate of drug-likeness (QED) is 0.800. The van der Waals surface area contributed by atoms with Gasteiger partial charge in [0.15, 0.2) is 0 Å². The highest BCUT2D eigenvalue weighted by Gasteiger charge is 2.24. The highest BCUT2D eigenvalue weighted by atomic mass is 19.1. The van der Waals surface area contributed by atoms with Crippen LogP contribution in [0.25, 0.3) is 0 Å². The van der Waals surface area contributed by atoms with E-state index >= 15 is 0 Å². The summed E-state index contributed by atoms with van der Waals surface area (Å²) < 4.78 is 18.5. The summed E-state index contributed by atoms with van der Waals surface area (Å²) in [5.74, 6) is 0.432. The van der Waals surface area contributed by atoms with Gasteiger partial charge in [0.25, 0.3) is 5.91 Å². The minimum absolute atomic E-state index is 0.101. The lowest BCUT2D eigenvalue weighted by Crippen LogP contribution is -2.40. The summed E-state index contributed by atoms with van der Waals surface area (Å²) in [5.41, 5.74) is 6.84. The fraction of sp³-hybridized carbons (Fsp3) is 0.438. The van der Waals surface area contributed by atoms with Gasteiger partial charge in [0, 0.05) is 23.2 Å². The molecule has 1 heterocycles. The van der Waals surface area contributed by atoms with Crippen molar-refractivity contribution >= 4 is 11.6 Å². The van der Waals surface area contributed by atoms with Gasteiger partial charge in [-0.3, -0.25) is 4.79 Å². The first-order valence-electron chi connectivity index (χ1n) is 7.20. The molecule has 0 spiro atoms. The summed E-state index contributed by atoms with van der Waals surface area (Å²) in [6, 6.07) is 5.12. The predicted octanol–water partition coefficient (Wildman–Crippen LogP) is 2.20. The summed E-state index contributed by atoms with van der Waals surface area (Å²) >= 11 is 0. The topological polar surface area (TPSA) is 76.4 Å². The third kappa shape index (κ3) is 3.76. The van der Waals surface area contributed by atoms with Crippen LogP contribution in [0, 0.1) is 0 Å². The van der Waals surface area contributed by atoms with Crippen LogP contribution in [0.15, 0.2) is 30.1 Å². The van der Waals surface area contributed by atoms with E-state index in [0.717, 1.165) is 0 Å². The van der Waals surface area contributed by atoms with Crippen molar-refractivity contribution in [3.05, 3.63) is 35.7 Å². The molecule has 6 heteroatoms. The minimum Gasteiger partial charge on any atom is -0.482 e. The van der Waals surface area contributed by atoms with Crippen molar-refractivity contribution in [2.45, 2.75) is 32.4 Å². The molecule has 1 aromatic rings. The molecule has 120 valence electrons. The Bertz CT molecular complexity index is 594. The van der Waals surface area contributed by atoms with E-state index in [1.54, 1.807) is 18.2 Å². The van der Waals surface area contributed by atoms with Crippen LogP contribution in [0.5, 0.6) is 5.75 Å². The van der Waals surface area contributed by atoms with Crippen molar-refractivity contribution in [3.63, 3.8) is 0 Å². The van der Waals surface area contributed by atoms with Crippen LogP contribution < -0.4 is 21.1 Å². The average Bonchev–Trinajstić information content (AvgIpc) is 2.46. The standard InChI is InChI=1S/C16H22FN3O2/c1-16(2,3)20-15(21)10-4-5-13-12(6-10)19-9-14(22-13)11(7-17)8-18/h4-7,14,19H,8-9,18H2,1-3H3,(H,20,21)/b11-7+. The fourth-order valence-corrected chi connectivity index (χ4v) is 2.18. The van der Waals surface area contributed by atoms with Crippen LogP contribution in [-0.4, -0.2) is 30.6 Å². The molecule has 0 aliphatic carbocycles. The van der Waals surface area contributed by atoms with Crippen molar-refractivity contribution in [1.29, 1.82) is 0 Å². The van der Waals surface area contributed by atoms with Gasteiger partial charge in [-0.2, -0.15) is 0 Å². The molecule has 5 nitrogen and oxygen atoms in total. The lowest BCUT2D eigenvalue weighted by atomic mass is 10.1. The molecular formula is C16H22FN3O2. The highest BCUT2D eigenvalue weighted by molar-refractivity contribution is 5.96. The van der Waals surface area contributed by atoms with Crippen LogP contribution in [0.4, 0.5) is 10.1 Å². The maximum Gasteiger partial charge on any atom is 0.251 e. The van der Waals surface area contributed by atoms with E-state index in [4.69, 9.17) is 10.5 Å². The smallest absolute Gasteiger partial charge is 0.251 e. The third-order valence-corrected chi connectivity index (χ3v) is 3.27. The van der Waals surface area contributed by atoms with E-state index in [1.165, 1.54) is 0 Å². The maximum atomic E-state index is 12.7. The van der Waals surface area contributed by atoms with E-state index < -0.39 is 6.10 Å². The number of rotatable bonds is 3. The first-order chi connectivity index (χ1) is 10.3. The molecule has 0 radical (unpaired) electrons. The number of benzene rings is 1. The van der Waals surface area contributed by atoms with Crippen LogP contribution in [0.1, 0.15) is 31.1 Å². The van der Waals surface area contributed by atoms with Gasteiger partial charge >= 0.3 is 0 Å². The predicted molar refractivity (Wildman–Crippen MR) is 84.8 cm³/mol. The fourth-order valence-electron chi connectivity index (χ4n) is 2.18. The number of amides is 1. The molecule has 1 aromatic carbocycles. The Morgan fingerprint density at radius 3 is 2.86 bits per heavy atom. The molecule has 0 fully saturated rings. The first kappa shape index (κ1) is 16.3. The molecule has 2 rings (SSSR count). The Morgan fingerprint density at radius 1 is 1.55 bits per heavy atom. The number of carbonyl (C=O) groups is 1. The first-order valence-corrected chi connectivity index (χ1v) is 7.20. The third-order valence-electron chi connectivity index (χ3n) is 3.27. The Kier molecular flexibility index (Phi) is 4.71. The Hall–Kier alpha value is -2.08. The number of nitrogens with one attached hydrogen (secondary N) is 2. The van der Waals surface area contributed by atoms with Crippen molar-refractivity contribution in [2.75, 3.05) is 18.4 Å². The summed E-state index contributed by atoms with van der Waals surface area (Å²) in [4.78, 5) is 12.2. The molecule has 1 atom stereocenters. The van der Waals surface area contributed by atoms with Gasteiger partial charge in [0.1, 0.15) is 11.9 Å². The number of hydrogen-bond donors (Lipinski definition) is 3. The molecule has 0 saturated heterocycles. The number of hydrogen-bond acceptors (Lipinski definition) is 4. The lowest BCUT2D eigenvalue weighted by molar-refractivity contribution is 0.0919. The molecule has 1 unspecified atom stereocenters. The van der Waals surface area contributed by atoms with Gasteiger partial charge < -0.3 is 21.1 Å². The summed E-state index contributed by atoms with van der Waals surface area (Å²) in [7, 11) is 0. The van der Waals surface area contributed by atoms with Gasteiger partial charge in [-0.25, -0.2) is 4.39 Å². The summed E-state index contributed by atoms with van der Waals surface area (Å²) in [6.45, 7) is 6.28. The van der Waals surface area contributed by atoms with Crippen molar-refractivity contribution in [1.82, 2.24) is 5.32 Å². The molecule has 0 aromatic heterocycles. The number of halogens is 1. The molecule has 0 bridgehead atoms. The molecular weight excluding hydrogens is 285 g/mol. The zero-order valence-electron chi connectivity index (χ0n) is 13.1. The van der Waals surface area contributed by atoms with E-state index in [0.29, 0.717) is 35.4 Å². The van der Waals surface area contributed by atoms with Gasteiger partial charge in [-0.1, -0.05) is 0 Å². The lowest BCUT2D eigenvalue weighted by Gasteiger charge is -2.29. The molecule has 0 saturated carbocycles. The van der Waals surface area contributed by atoms with Crippen LogP contribution in [0.3, 0.4) is 0 Å². The van der Waals surface area contributed by atoms with Crippen LogP contribution >= 0.6 is 0 Å². The second-order valence-corrected chi connectivity index (χ2v) is 6.29. The zero-order chi connectivity index (χ0) is 16.3. The van der Waals surface area contributed by atoms with Crippen LogP contribution in [-0.2, 0) is 0 Å². The van der Waals surface area contributed by atoms with Crippen LogP contribution in [0.2, 0.25) is 0 Å². The van der Waals surface area contributed by atoms with Crippen molar-refractivity contribution in [3.8, 4) is 5.75 Å². The second-order valence-electron chi connectivity index (χ2n) is 6.29. The van der Waals surface area contributed by atoms with Gasteiger partial charge in [-0.05, 0) is 39.0 Å². The molecule has 4 N–H and O–H groups in total. The highest BCUT2D eigenvalue weighted by Crippen LogP contribution is 2.31. The van der Waals surface area contributed by atoms with E-state index in [1.807, 2.05) is 20.8 Å². The number of fused-ring (bicyclic) bond motifs is 1. The monoisotopic (exact) mass is 307 g/mol. The average molecular weight is 307 g/mol. The summed E-state index contributed by atoms with van der Waals surface area (Å²) in [5, 5.41) is 6.06. The molecule has 1 amide bonds. The minimum atomic E-state index is -0.434. The SMILES string of the molecule is CC(C)(C)NC(=O)c1ccc2c(c1)NCC(/C(=C/F)CN)O2. The second kappa shape index (κ2) is 6.36. The van der Waals surface area contributed by atoms with E-state index in [9.17, 15) is 9.18 Å². The Labute approximate surface area is 129 Å². The van der Waals surface area contributed by atoms with Gasteiger partial charge in [0.05, 0.1) is 18.6 Å². The van der Waals surface area contributed by atoms with Crippen molar-refractivity contribution in [2.24, 2.45) is 5.73 Å². The maximum absolute atomic E-state index is 12.7. The molecule has 22 heavy (non-hydrogen) atoms.